The summed E-state index contributed by atoms with van der Waals surface area (Å²) in [6.07, 6.45) is 6.85. The van der Waals surface area contributed by atoms with E-state index in [0.717, 1.165) is 49.2 Å². The van der Waals surface area contributed by atoms with Gasteiger partial charge in [-0.1, -0.05) is 13.0 Å². The molecule has 3 fully saturated rings. The molecule has 220 valence electrons. The number of nitrogens with zero attached hydrogens (tertiary/aromatic N) is 3. The highest BCUT2D eigenvalue weighted by Crippen LogP contribution is 2.51. The van der Waals surface area contributed by atoms with E-state index in [-0.39, 0.29) is 47.5 Å². The Balaban J connectivity index is 1.15. The van der Waals surface area contributed by atoms with Crippen molar-refractivity contribution >= 4 is 35.0 Å². The van der Waals surface area contributed by atoms with Crippen molar-refractivity contribution in [2.45, 2.75) is 70.5 Å². The fourth-order valence-corrected chi connectivity index (χ4v) is 5.99. The quantitative estimate of drug-likeness (QED) is 0.336. The predicted octanol–water partition coefficient (Wildman–Crippen LogP) is 2.48. The van der Waals surface area contributed by atoms with E-state index in [1.54, 1.807) is 25.1 Å². The van der Waals surface area contributed by atoms with Gasteiger partial charge in [-0.3, -0.25) is 19.2 Å². The first-order valence-electron chi connectivity index (χ1n) is 14.0. The van der Waals surface area contributed by atoms with Crippen LogP contribution in [0.3, 0.4) is 0 Å². The maximum absolute atomic E-state index is 14.5. The third-order valence-corrected chi connectivity index (χ3v) is 8.77. The number of hydrogen-bond acceptors (Lipinski definition) is 7. The molecule has 4 amide bonds. The number of hydrogen-bond donors (Lipinski definition) is 4. The van der Waals surface area contributed by atoms with Crippen LogP contribution in [0.5, 0.6) is 5.75 Å². The molecule has 7 rings (SSSR count). The topological polar surface area (TPSA) is 156 Å². The Morgan fingerprint density at radius 2 is 1.86 bits per heavy atom. The standard InChI is InChI=1S/C29H32FN7O5/c1-16(25(39)36-29-8-5-28(2,6-9-29)7-10-29)33-27(41)21-12-20(35-24-18(30)14-32-37(21)24)26(40)31-13-17-3-4-22-19(11-17)34-23(38)15-42-22/h3-4,11-12,14,16H,5-10,13,15H2,1-2H3,(H,31,40)(H,33,41)(H,34,38)(H,36,39)/t16-,28?,29?/m0/s1. The molecule has 0 unspecified atom stereocenters. The summed E-state index contributed by atoms with van der Waals surface area (Å²) in [6, 6.07) is 5.41. The van der Waals surface area contributed by atoms with Crippen molar-refractivity contribution < 1.29 is 28.3 Å². The Bertz CT molecular complexity index is 1590. The summed E-state index contributed by atoms with van der Waals surface area (Å²) in [5, 5.41) is 15.1. The molecule has 4 N–H and O–H groups in total. The number of ether oxygens (including phenoxy) is 1. The number of carbonyl (C=O) groups is 4. The van der Waals surface area contributed by atoms with Crippen molar-refractivity contribution in [1.29, 1.82) is 0 Å². The van der Waals surface area contributed by atoms with E-state index < -0.39 is 23.7 Å². The van der Waals surface area contributed by atoms with Crippen LogP contribution in [-0.4, -0.2) is 56.4 Å². The lowest BCUT2D eigenvalue weighted by Crippen LogP contribution is -2.59. The third kappa shape index (κ3) is 5.26. The number of anilines is 1. The Labute approximate surface area is 240 Å². The van der Waals surface area contributed by atoms with Crippen LogP contribution < -0.4 is 26.0 Å². The smallest absolute Gasteiger partial charge is 0.270 e. The number of fused-ring (bicyclic) bond motifs is 5. The summed E-state index contributed by atoms with van der Waals surface area (Å²) < 4.78 is 20.9. The average molecular weight is 578 g/mol. The van der Waals surface area contributed by atoms with Crippen LogP contribution in [0.25, 0.3) is 5.65 Å². The molecule has 3 saturated carbocycles. The predicted molar refractivity (Wildman–Crippen MR) is 148 cm³/mol. The van der Waals surface area contributed by atoms with Gasteiger partial charge in [0.25, 0.3) is 17.7 Å². The summed E-state index contributed by atoms with van der Waals surface area (Å²) in [6.45, 7) is 3.88. The van der Waals surface area contributed by atoms with Gasteiger partial charge in [-0.15, -0.1) is 0 Å². The lowest BCUT2D eigenvalue weighted by atomic mass is 9.58. The molecule has 12 nitrogen and oxygen atoms in total. The largest absolute Gasteiger partial charge is 0.482 e. The number of benzene rings is 1. The zero-order valence-corrected chi connectivity index (χ0v) is 23.4. The zero-order chi connectivity index (χ0) is 29.6. The van der Waals surface area contributed by atoms with Crippen LogP contribution in [0, 0.1) is 11.2 Å². The second-order valence-electron chi connectivity index (χ2n) is 11.9. The highest BCUT2D eigenvalue weighted by molar-refractivity contribution is 6.00. The van der Waals surface area contributed by atoms with Crippen LogP contribution >= 0.6 is 0 Å². The highest BCUT2D eigenvalue weighted by Gasteiger charge is 2.47. The highest BCUT2D eigenvalue weighted by atomic mass is 19.1. The number of nitrogens with one attached hydrogen (secondary N) is 4. The van der Waals surface area contributed by atoms with Crippen LogP contribution in [0.2, 0.25) is 0 Å². The fraction of sp³-hybridized carbons (Fsp3) is 0.448. The number of halogens is 1. The number of rotatable bonds is 7. The van der Waals surface area contributed by atoms with Gasteiger partial charge in [-0.25, -0.2) is 13.9 Å². The van der Waals surface area contributed by atoms with Crippen LogP contribution in [0.4, 0.5) is 10.1 Å². The van der Waals surface area contributed by atoms with E-state index in [0.29, 0.717) is 22.4 Å². The van der Waals surface area contributed by atoms with Crippen molar-refractivity contribution in [3.63, 3.8) is 0 Å². The van der Waals surface area contributed by atoms with E-state index >= 15 is 0 Å². The molecule has 3 aromatic rings. The van der Waals surface area contributed by atoms with Gasteiger partial charge in [-0.2, -0.15) is 5.10 Å². The molecule has 1 aromatic carbocycles. The molecule has 3 heterocycles. The normalized spacial score (nSPS) is 23.4. The molecule has 1 atom stereocenters. The van der Waals surface area contributed by atoms with Crippen molar-refractivity contribution in [3.8, 4) is 5.75 Å². The van der Waals surface area contributed by atoms with Gasteiger partial charge in [0.15, 0.2) is 18.1 Å². The molecule has 2 aromatic heterocycles. The van der Waals surface area contributed by atoms with Gasteiger partial charge in [0, 0.05) is 18.2 Å². The maximum Gasteiger partial charge on any atom is 0.270 e. The molecule has 0 spiro atoms. The fourth-order valence-electron chi connectivity index (χ4n) is 5.99. The number of amides is 4. The molecule has 0 radical (unpaired) electrons. The summed E-state index contributed by atoms with van der Waals surface area (Å²) in [5.74, 6) is -2.23. The summed E-state index contributed by atoms with van der Waals surface area (Å²) >= 11 is 0. The first-order chi connectivity index (χ1) is 20.0. The summed E-state index contributed by atoms with van der Waals surface area (Å²) in [7, 11) is 0. The summed E-state index contributed by atoms with van der Waals surface area (Å²) in [4.78, 5) is 55.1. The molecular weight excluding hydrogens is 545 g/mol. The lowest BCUT2D eigenvalue weighted by Gasteiger charge is -2.52. The Morgan fingerprint density at radius 1 is 1.12 bits per heavy atom. The van der Waals surface area contributed by atoms with Crippen molar-refractivity contribution in [2.24, 2.45) is 5.41 Å². The molecule has 3 aliphatic carbocycles. The van der Waals surface area contributed by atoms with E-state index in [2.05, 4.69) is 38.3 Å². The molecule has 42 heavy (non-hydrogen) atoms. The molecule has 2 bridgehead atoms. The monoisotopic (exact) mass is 577 g/mol. The van der Waals surface area contributed by atoms with Gasteiger partial charge < -0.3 is 26.0 Å². The molecule has 1 aliphatic heterocycles. The molecule has 0 saturated heterocycles. The van der Waals surface area contributed by atoms with E-state index in [9.17, 15) is 23.6 Å². The van der Waals surface area contributed by atoms with Gasteiger partial charge in [-0.05, 0) is 68.6 Å². The minimum absolute atomic E-state index is 0.0657. The van der Waals surface area contributed by atoms with Crippen LogP contribution in [-0.2, 0) is 16.1 Å². The second kappa shape index (κ2) is 10.4. The molecule has 13 heteroatoms. The van der Waals surface area contributed by atoms with Crippen molar-refractivity contribution in [2.75, 3.05) is 11.9 Å². The third-order valence-electron chi connectivity index (χ3n) is 8.77. The van der Waals surface area contributed by atoms with E-state index in [4.69, 9.17) is 4.74 Å². The Kier molecular flexibility index (Phi) is 6.82. The number of carbonyl (C=O) groups excluding carboxylic acids is 4. The van der Waals surface area contributed by atoms with Crippen LogP contribution in [0.1, 0.15) is 78.9 Å². The van der Waals surface area contributed by atoms with Gasteiger partial charge in [0.2, 0.25) is 5.91 Å². The average Bonchev–Trinajstić information content (AvgIpc) is 3.36. The van der Waals surface area contributed by atoms with Crippen molar-refractivity contribution in [3.05, 3.63) is 53.2 Å². The zero-order valence-electron chi connectivity index (χ0n) is 23.4. The lowest BCUT2D eigenvalue weighted by molar-refractivity contribution is -0.126. The molecule has 4 aliphatic rings. The first kappa shape index (κ1) is 27.6. The van der Waals surface area contributed by atoms with Gasteiger partial charge in [0.05, 0.1) is 11.9 Å². The SMILES string of the molecule is C[C@H](NC(=O)c1cc(C(=O)NCc2ccc3c(c2)NC(=O)CO3)nc2c(F)cnn12)C(=O)NC12CCC(C)(CC1)CC2. The Morgan fingerprint density at radius 3 is 2.60 bits per heavy atom. The minimum atomic E-state index is -0.878. The second-order valence-corrected chi connectivity index (χ2v) is 11.9. The first-order valence-corrected chi connectivity index (χ1v) is 14.0. The van der Waals surface area contributed by atoms with Crippen molar-refractivity contribution in [1.82, 2.24) is 30.5 Å². The molecular formula is C29H32FN7O5. The maximum atomic E-state index is 14.5. The van der Waals surface area contributed by atoms with E-state index in [1.807, 2.05) is 0 Å². The number of aromatic nitrogens is 3. The van der Waals surface area contributed by atoms with Gasteiger partial charge in [0.1, 0.15) is 23.2 Å². The van der Waals surface area contributed by atoms with E-state index in [1.165, 1.54) is 6.07 Å². The van der Waals surface area contributed by atoms with Gasteiger partial charge >= 0.3 is 0 Å². The Hall–Kier alpha value is -4.55. The summed E-state index contributed by atoms with van der Waals surface area (Å²) in [5.41, 5.74) is 0.616. The minimum Gasteiger partial charge on any atom is -0.482 e. The van der Waals surface area contributed by atoms with Crippen LogP contribution in [0.15, 0.2) is 30.5 Å².